The molecule has 154 valence electrons. The minimum absolute atomic E-state index is 0.00163. The fourth-order valence-corrected chi connectivity index (χ4v) is 4.25. The predicted molar refractivity (Wildman–Crippen MR) is 109 cm³/mol. The number of hydrogen-bond donors (Lipinski definition) is 1. The standard InChI is InChI=1S/C22H24ClF2N3O/c23-18-9-5-4-8-16(18)20(15-6-2-1-3-7-15)27-10-12-28(13-11-27)22(29)26-19-14-17(19)21(24)25/h1-9,17,19-21H,10-14H2,(H,26,29)/t17-,19-,20?/m0/s1. The van der Waals surface area contributed by atoms with E-state index in [-0.39, 0.29) is 18.1 Å². The molecule has 2 fully saturated rings. The van der Waals surface area contributed by atoms with E-state index in [0.717, 1.165) is 11.1 Å². The second-order valence-corrected chi connectivity index (χ2v) is 8.05. The van der Waals surface area contributed by atoms with Gasteiger partial charge in [-0.2, -0.15) is 0 Å². The Labute approximate surface area is 174 Å². The van der Waals surface area contributed by atoms with Crippen LogP contribution in [0.1, 0.15) is 23.6 Å². The summed E-state index contributed by atoms with van der Waals surface area (Å²) in [6.07, 6.45) is -1.99. The van der Waals surface area contributed by atoms with Gasteiger partial charge >= 0.3 is 6.03 Å². The predicted octanol–water partition coefficient (Wildman–Crippen LogP) is 4.41. The average Bonchev–Trinajstić information content (AvgIpc) is 3.50. The van der Waals surface area contributed by atoms with Gasteiger partial charge in [-0.15, -0.1) is 0 Å². The van der Waals surface area contributed by atoms with E-state index < -0.39 is 12.3 Å². The fraction of sp³-hybridized carbons (Fsp3) is 0.409. The maximum Gasteiger partial charge on any atom is 0.317 e. The first-order valence-corrected chi connectivity index (χ1v) is 10.3. The average molecular weight is 420 g/mol. The Morgan fingerprint density at radius 3 is 2.28 bits per heavy atom. The number of benzene rings is 2. The molecule has 7 heteroatoms. The molecule has 2 amide bonds. The monoisotopic (exact) mass is 419 g/mol. The molecule has 1 unspecified atom stereocenters. The first-order chi connectivity index (χ1) is 14.0. The largest absolute Gasteiger partial charge is 0.335 e. The zero-order chi connectivity index (χ0) is 20.4. The van der Waals surface area contributed by atoms with Gasteiger partial charge in [-0.1, -0.05) is 60.1 Å². The van der Waals surface area contributed by atoms with E-state index in [9.17, 15) is 13.6 Å². The Morgan fingerprint density at radius 2 is 1.66 bits per heavy atom. The van der Waals surface area contributed by atoms with Gasteiger partial charge in [-0.3, -0.25) is 4.90 Å². The summed E-state index contributed by atoms with van der Waals surface area (Å²) in [6, 6.07) is 17.4. The van der Waals surface area contributed by atoms with Crippen molar-refractivity contribution in [3.63, 3.8) is 0 Å². The van der Waals surface area contributed by atoms with E-state index in [1.54, 1.807) is 4.90 Å². The minimum atomic E-state index is -2.36. The van der Waals surface area contributed by atoms with Crippen molar-refractivity contribution in [2.24, 2.45) is 5.92 Å². The van der Waals surface area contributed by atoms with E-state index >= 15 is 0 Å². The molecule has 2 aromatic carbocycles. The summed E-state index contributed by atoms with van der Waals surface area (Å²) in [5.74, 6) is -0.692. The number of carbonyl (C=O) groups excluding carboxylic acids is 1. The Balaban J connectivity index is 1.43. The molecule has 2 aliphatic rings. The third-order valence-corrected chi connectivity index (χ3v) is 6.10. The Bertz CT molecular complexity index is 843. The number of hydrogen-bond acceptors (Lipinski definition) is 2. The first-order valence-electron chi connectivity index (χ1n) is 9.91. The SMILES string of the molecule is O=C(N[C@H]1C[C@@H]1C(F)F)N1CCN(C(c2ccccc2)c2ccccc2Cl)CC1. The van der Waals surface area contributed by atoms with Crippen molar-refractivity contribution < 1.29 is 13.6 Å². The van der Waals surface area contributed by atoms with Gasteiger partial charge in [0, 0.05) is 43.2 Å². The Kier molecular flexibility index (Phi) is 6.01. The topological polar surface area (TPSA) is 35.6 Å². The number of nitrogens with zero attached hydrogens (tertiary/aromatic N) is 2. The lowest BCUT2D eigenvalue weighted by atomic mass is 9.96. The van der Waals surface area contributed by atoms with Crippen molar-refractivity contribution in [1.29, 1.82) is 0 Å². The van der Waals surface area contributed by atoms with Crippen LogP contribution in [0.2, 0.25) is 5.02 Å². The number of nitrogens with one attached hydrogen (secondary N) is 1. The van der Waals surface area contributed by atoms with Crippen molar-refractivity contribution in [2.45, 2.75) is 24.9 Å². The number of rotatable bonds is 5. The molecule has 1 aliphatic heterocycles. The summed E-state index contributed by atoms with van der Waals surface area (Å²) in [5.41, 5.74) is 2.19. The highest BCUT2D eigenvalue weighted by atomic mass is 35.5. The lowest BCUT2D eigenvalue weighted by Crippen LogP contribution is -2.53. The molecule has 29 heavy (non-hydrogen) atoms. The van der Waals surface area contributed by atoms with Crippen molar-refractivity contribution in [3.05, 3.63) is 70.7 Å². The highest BCUT2D eigenvalue weighted by molar-refractivity contribution is 6.31. The number of amides is 2. The van der Waals surface area contributed by atoms with Crippen molar-refractivity contribution >= 4 is 17.6 Å². The van der Waals surface area contributed by atoms with Gasteiger partial charge in [0.2, 0.25) is 6.43 Å². The molecule has 0 radical (unpaired) electrons. The number of carbonyl (C=O) groups is 1. The number of urea groups is 1. The van der Waals surface area contributed by atoms with Crippen LogP contribution < -0.4 is 5.32 Å². The Morgan fingerprint density at radius 1 is 1.00 bits per heavy atom. The normalized spacial score (nSPS) is 23.1. The van der Waals surface area contributed by atoms with E-state index in [1.165, 1.54) is 0 Å². The summed E-state index contributed by atoms with van der Waals surface area (Å²) in [7, 11) is 0. The molecule has 1 N–H and O–H groups in total. The maximum atomic E-state index is 12.7. The molecule has 0 spiro atoms. The molecule has 0 aromatic heterocycles. The second kappa shape index (κ2) is 8.67. The summed E-state index contributed by atoms with van der Waals surface area (Å²) in [4.78, 5) is 16.5. The molecule has 1 aliphatic carbocycles. The zero-order valence-corrected chi connectivity index (χ0v) is 16.7. The van der Waals surface area contributed by atoms with Crippen LogP contribution in [-0.2, 0) is 0 Å². The highest BCUT2D eigenvalue weighted by Gasteiger charge is 2.45. The molecule has 4 rings (SSSR count). The molecule has 1 saturated carbocycles. The lowest BCUT2D eigenvalue weighted by molar-refractivity contribution is 0.111. The van der Waals surface area contributed by atoms with Crippen molar-refractivity contribution in [2.75, 3.05) is 26.2 Å². The van der Waals surface area contributed by atoms with Crippen LogP contribution in [0.5, 0.6) is 0 Å². The van der Waals surface area contributed by atoms with E-state index in [2.05, 4.69) is 22.3 Å². The van der Waals surface area contributed by atoms with Gasteiger partial charge in [-0.05, 0) is 23.6 Å². The first kappa shape index (κ1) is 20.1. The van der Waals surface area contributed by atoms with Crippen LogP contribution in [0.4, 0.5) is 13.6 Å². The van der Waals surface area contributed by atoms with Crippen LogP contribution in [0, 0.1) is 5.92 Å². The molecule has 1 heterocycles. The number of piperazine rings is 1. The molecule has 1 saturated heterocycles. The van der Waals surface area contributed by atoms with Gasteiger partial charge in [0.05, 0.1) is 6.04 Å². The summed E-state index contributed by atoms with van der Waals surface area (Å²) < 4.78 is 25.4. The molecular weight excluding hydrogens is 396 g/mol. The lowest BCUT2D eigenvalue weighted by Gasteiger charge is -2.40. The third-order valence-electron chi connectivity index (χ3n) is 5.75. The van der Waals surface area contributed by atoms with Gasteiger partial charge < -0.3 is 10.2 Å². The number of halogens is 3. The van der Waals surface area contributed by atoms with Crippen molar-refractivity contribution in [1.82, 2.24) is 15.1 Å². The van der Waals surface area contributed by atoms with Crippen LogP contribution in [0.3, 0.4) is 0 Å². The maximum absolute atomic E-state index is 12.7. The van der Waals surface area contributed by atoms with Crippen LogP contribution in [0.15, 0.2) is 54.6 Å². The van der Waals surface area contributed by atoms with Crippen LogP contribution in [-0.4, -0.2) is 54.5 Å². The van der Waals surface area contributed by atoms with Gasteiger partial charge in [0.25, 0.3) is 0 Å². The molecule has 2 aromatic rings. The quantitative estimate of drug-likeness (QED) is 0.779. The van der Waals surface area contributed by atoms with Crippen LogP contribution >= 0.6 is 11.6 Å². The van der Waals surface area contributed by atoms with Gasteiger partial charge in [0.15, 0.2) is 0 Å². The van der Waals surface area contributed by atoms with E-state index in [0.29, 0.717) is 37.6 Å². The summed E-state index contributed by atoms with van der Waals surface area (Å²) >= 11 is 6.51. The molecule has 0 bridgehead atoms. The van der Waals surface area contributed by atoms with Gasteiger partial charge in [0.1, 0.15) is 0 Å². The molecule has 3 atom stereocenters. The number of alkyl halides is 2. The van der Waals surface area contributed by atoms with Crippen LogP contribution in [0.25, 0.3) is 0 Å². The summed E-state index contributed by atoms with van der Waals surface area (Å²) in [6.45, 7) is 2.46. The minimum Gasteiger partial charge on any atom is -0.335 e. The smallest absolute Gasteiger partial charge is 0.317 e. The second-order valence-electron chi connectivity index (χ2n) is 7.65. The third kappa shape index (κ3) is 4.54. The molecular formula is C22H24ClF2N3O. The Hall–Kier alpha value is -2.18. The van der Waals surface area contributed by atoms with E-state index in [1.807, 2.05) is 42.5 Å². The van der Waals surface area contributed by atoms with Crippen molar-refractivity contribution in [3.8, 4) is 0 Å². The van der Waals surface area contributed by atoms with E-state index in [4.69, 9.17) is 11.6 Å². The zero-order valence-electron chi connectivity index (χ0n) is 16.0. The highest BCUT2D eigenvalue weighted by Crippen LogP contribution is 2.36. The van der Waals surface area contributed by atoms with Gasteiger partial charge in [-0.25, -0.2) is 13.6 Å². The molecule has 4 nitrogen and oxygen atoms in total. The summed E-state index contributed by atoms with van der Waals surface area (Å²) in [5, 5.41) is 3.45. The fourth-order valence-electron chi connectivity index (χ4n) is 4.01.